The first-order chi connectivity index (χ1) is 9.92. The van der Waals surface area contributed by atoms with Crippen LogP contribution in [0, 0.1) is 20.8 Å². The number of aryl methyl sites for hydroxylation is 3. The molecule has 1 unspecified atom stereocenters. The quantitative estimate of drug-likeness (QED) is 0.932. The Morgan fingerprint density at radius 1 is 1.29 bits per heavy atom. The molecule has 0 aliphatic rings. The fourth-order valence-electron chi connectivity index (χ4n) is 2.42. The number of hydrogen-bond donors (Lipinski definition) is 1. The summed E-state index contributed by atoms with van der Waals surface area (Å²) in [5.41, 5.74) is 8.91. The Morgan fingerprint density at radius 2 is 2.00 bits per heavy atom. The monoisotopic (exact) mass is 287 g/mol. The predicted octanol–water partition coefficient (Wildman–Crippen LogP) is 1.88. The summed E-state index contributed by atoms with van der Waals surface area (Å²) < 4.78 is 6.95. The van der Waals surface area contributed by atoms with Gasteiger partial charge in [0.25, 0.3) is 5.56 Å². The number of nitrogens with zero attached hydrogens (tertiary/aromatic N) is 2. The van der Waals surface area contributed by atoms with Crippen LogP contribution in [0.2, 0.25) is 0 Å². The SMILES string of the molecule is COc1ccc(C)cc1C(N)Cn1c(C)nc(C)cc1=O. The van der Waals surface area contributed by atoms with Gasteiger partial charge in [0, 0.05) is 23.9 Å². The molecule has 1 aromatic carbocycles. The molecular weight excluding hydrogens is 266 g/mol. The first-order valence-electron chi connectivity index (χ1n) is 6.87. The van der Waals surface area contributed by atoms with Gasteiger partial charge in [0.15, 0.2) is 0 Å². The maximum atomic E-state index is 12.1. The van der Waals surface area contributed by atoms with Crippen LogP contribution in [0.3, 0.4) is 0 Å². The molecule has 1 heterocycles. The lowest BCUT2D eigenvalue weighted by molar-refractivity contribution is 0.401. The van der Waals surface area contributed by atoms with Crippen molar-refractivity contribution in [3.8, 4) is 5.75 Å². The van der Waals surface area contributed by atoms with Gasteiger partial charge in [-0.3, -0.25) is 9.36 Å². The van der Waals surface area contributed by atoms with Crippen LogP contribution >= 0.6 is 0 Å². The van der Waals surface area contributed by atoms with Gasteiger partial charge >= 0.3 is 0 Å². The summed E-state index contributed by atoms with van der Waals surface area (Å²) in [5, 5.41) is 0. The molecule has 2 rings (SSSR count). The van der Waals surface area contributed by atoms with Gasteiger partial charge in [0.2, 0.25) is 0 Å². The molecule has 0 radical (unpaired) electrons. The molecule has 1 aromatic heterocycles. The summed E-state index contributed by atoms with van der Waals surface area (Å²) in [6, 6.07) is 7.05. The van der Waals surface area contributed by atoms with E-state index >= 15 is 0 Å². The van der Waals surface area contributed by atoms with Crippen LogP contribution in [0.15, 0.2) is 29.1 Å². The van der Waals surface area contributed by atoms with Gasteiger partial charge in [-0.25, -0.2) is 4.98 Å². The standard InChI is InChI=1S/C16H21N3O2/c1-10-5-6-15(21-4)13(7-10)14(17)9-19-12(3)18-11(2)8-16(19)20/h5-8,14H,9,17H2,1-4H3. The predicted molar refractivity (Wildman–Crippen MR) is 82.6 cm³/mol. The molecule has 5 nitrogen and oxygen atoms in total. The molecule has 0 saturated carbocycles. The van der Waals surface area contributed by atoms with Crippen molar-refractivity contribution in [2.24, 2.45) is 5.73 Å². The average molecular weight is 287 g/mol. The number of nitrogens with two attached hydrogens (primary N) is 1. The molecule has 2 N–H and O–H groups in total. The number of aromatic nitrogens is 2. The van der Waals surface area contributed by atoms with E-state index in [1.54, 1.807) is 11.7 Å². The van der Waals surface area contributed by atoms with Crippen LogP contribution in [0.4, 0.5) is 0 Å². The normalized spacial score (nSPS) is 12.2. The molecule has 0 saturated heterocycles. The molecule has 2 aromatic rings. The average Bonchev–Trinajstić information content (AvgIpc) is 2.42. The van der Waals surface area contributed by atoms with E-state index in [4.69, 9.17) is 10.5 Å². The van der Waals surface area contributed by atoms with E-state index in [-0.39, 0.29) is 11.6 Å². The van der Waals surface area contributed by atoms with Crippen LogP contribution in [-0.4, -0.2) is 16.7 Å². The molecule has 1 atom stereocenters. The summed E-state index contributed by atoms with van der Waals surface area (Å²) in [6.45, 7) is 6.00. The van der Waals surface area contributed by atoms with Crippen molar-refractivity contribution in [3.63, 3.8) is 0 Å². The van der Waals surface area contributed by atoms with Crippen molar-refractivity contribution in [3.05, 3.63) is 57.3 Å². The van der Waals surface area contributed by atoms with Crippen molar-refractivity contribution in [2.75, 3.05) is 7.11 Å². The highest BCUT2D eigenvalue weighted by Gasteiger charge is 2.15. The zero-order valence-corrected chi connectivity index (χ0v) is 12.9. The Labute approximate surface area is 124 Å². The van der Waals surface area contributed by atoms with E-state index in [0.717, 1.165) is 22.6 Å². The highest BCUT2D eigenvalue weighted by Crippen LogP contribution is 2.25. The minimum absolute atomic E-state index is 0.0814. The van der Waals surface area contributed by atoms with E-state index in [9.17, 15) is 4.79 Å². The van der Waals surface area contributed by atoms with E-state index in [0.29, 0.717) is 12.4 Å². The van der Waals surface area contributed by atoms with E-state index in [2.05, 4.69) is 4.98 Å². The van der Waals surface area contributed by atoms with Crippen molar-refractivity contribution in [2.45, 2.75) is 33.4 Å². The summed E-state index contributed by atoms with van der Waals surface area (Å²) in [7, 11) is 1.62. The van der Waals surface area contributed by atoms with Crippen LogP contribution in [0.25, 0.3) is 0 Å². The number of benzene rings is 1. The minimum Gasteiger partial charge on any atom is -0.496 e. The maximum absolute atomic E-state index is 12.1. The van der Waals surface area contributed by atoms with E-state index < -0.39 is 0 Å². The third kappa shape index (κ3) is 3.31. The Morgan fingerprint density at radius 3 is 2.62 bits per heavy atom. The van der Waals surface area contributed by atoms with Gasteiger partial charge in [-0.05, 0) is 26.8 Å². The van der Waals surface area contributed by atoms with Gasteiger partial charge in [0.1, 0.15) is 11.6 Å². The lowest BCUT2D eigenvalue weighted by Crippen LogP contribution is -2.29. The second-order valence-corrected chi connectivity index (χ2v) is 5.25. The zero-order chi connectivity index (χ0) is 15.6. The summed E-state index contributed by atoms with van der Waals surface area (Å²) in [5.74, 6) is 1.40. The molecular formula is C16H21N3O2. The zero-order valence-electron chi connectivity index (χ0n) is 12.9. The molecule has 0 fully saturated rings. The van der Waals surface area contributed by atoms with Crippen LogP contribution < -0.4 is 16.0 Å². The van der Waals surface area contributed by atoms with Crippen molar-refractivity contribution >= 4 is 0 Å². The van der Waals surface area contributed by atoms with E-state index in [1.165, 1.54) is 6.07 Å². The number of ether oxygens (including phenoxy) is 1. The number of methoxy groups -OCH3 is 1. The highest BCUT2D eigenvalue weighted by molar-refractivity contribution is 5.39. The Kier molecular flexibility index (Phi) is 4.43. The van der Waals surface area contributed by atoms with Gasteiger partial charge in [-0.1, -0.05) is 17.7 Å². The molecule has 0 spiro atoms. The van der Waals surface area contributed by atoms with Gasteiger partial charge in [-0.2, -0.15) is 0 Å². The summed E-state index contributed by atoms with van der Waals surface area (Å²) in [4.78, 5) is 16.4. The first-order valence-corrected chi connectivity index (χ1v) is 6.87. The summed E-state index contributed by atoms with van der Waals surface area (Å²) >= 11 is 0. The third-order valence-corrected chi connectivity index (χ3v) is 3.49. The number of hydrogen-bond acceptors (Lipinski definition) is 4. The minimum atomic E-state index is -0.333. The second kappa shape index (κ2) is 6.10. The van der Waals surface area contributed by atoms with Gasteiger partial charge < -0.3 is 10.5 Å². The molecule has 5 heteroatoms. The first kappa shape index (κ1) is 15.3. The van der Waals surface area contributed by atoms with Crippen molar-refractivity contribution in [1.29, 1.82) is 0 Å². The fourth-order valence-corrected chi connectivity index (χ4v) is 2.42. The Hall–Kier alpha value is -2.14. The smallest absolute Gasteiger partial charge is 0.253 e. The van der Waals surface area contributed by atoms with E-state index in [1.807, 2.05) is 39.0 Å². The second-order valence-electron chi connectivity index (χ2n) is 5.25. The molecule has 0 bridgehead atoms. The topological polar surface area (TPSA) is 70.1 Å². The fraction of sp³-hybridized carbons (Fsp3) is 0.375. The lowest BCUT2D eigenvalue weighted by atomic mass is 10.0. The van der Waals surface area contributed by atoms with Gasteiger partial charge in [-0.15, -0.1) is 0 Å². The molecule has 112 valence electrons. The largest absolute Gasteiger partial charge is 0.496 e. The Bertz CT molecular complexity index is 707. The molecule has 0 aliphatic carbocycles. The highest BCUT2D eigenvalue weighted by atomic mass is 16.5. The van der Waals surface area contributed by atoms with Crippen LogP contribution in [0.5, 0.6) is 5.75 Å². The third-order valence-electron chi connectivity index (χ3n) is 3.49. The van der Waals surface area contributed by atoms with Crippen molar-refractivity contribution < 1.29 is 4.74 Å². The molecule has 21 heavy (non-hydrogen) atoms. The number of rotatable bonds is 4. The molecule has 0 amide bonds. The van der Waals surface area contributed by atoms with Crippen LogP contribution in [-0.2, 0) is 6.54 Å². The Balaban J connectivity index is 2.37. The van der Waals surface area contributed by atoms with Crippen molar-refractivity contribution in [1.82, 2.24) is 9.55 Å². The summed E-state index contributed by atoms with van der Waals surface area (Å²) in [6.07, 6.45) is 0. The van der Waals surface area contributed by atoms with Gasteiger partial charge in [0.05, 0.1) is 13.2 Å². The van der Waals surface area contributed by atoms with Crippen LogP contribution in [0.1, 0.15) is 28.7 Å². The maximum Gasteiger partial charge on any atom is 0.253 e. The molecule has 0 aliphatic heterocycles. The lowest BCUT2D eigenvalue weighted by Gasteiger charge is -2.18.